The van der Waals surface area contributed by atoms with Crippen LogP contribution in [0.2, 0.25) is 5.02 Å². The first-order valence-electron chi connectivity index (χ1n) is 7.36. The number of pyridine rings is 1. The molecule has 0 saturated heterocycles. The fourth-order valence-electron chi connectivity index (χ4n) is 3.06. The molecule has 0 aliphatic heterocycles. The second kappa shape index (κ2) is 7.83. The highest BCUT2D eigenvalue weighted by Gasteiger charge is 2.22. The van der Waals surface area contributed by atoms with Crippen LogP contribution in [0, 0.1) is 5.92 Å². The van der Waals surface area contributed by atoms with E-state index in [1.54, 1.807) is 12.4 Å². The first kappa shape index (κ1) is 14.8. The Labute approximate surface area is 120 Å². The zero-order valence-electron chi connectivity index (χ0n) is 11.4. The summed E-state index contributed by atoms with van der Waals surface area (Å²) in [5.41, 5.74) is 4.16. The predicted octanol–water partition coefficient (Wildman–Crippen LogP) is 3.47. The topological polar surface area (TPSA) is 50.9 Å². The molecule has 1 aromatic heterocycles. The molecular weight excluding hydrogens is 258 g/mol. The van der Waals surface area contributed by atoms with Gasteiger partial charge in [-0.15, -0.1) is 0 Å². The van der Waals surface area contributed by atoms with Crippen LogP contribution in [0.4, 0.5) is 0 Å². The number of hydrazine groups is 1. The van der Waals surface area contributed by atoms with Crippen LogP contribution in [0.1, 0.15) is 50.5 Å². The third-order valence-electron chi connectivity index (χ3n) is 4.23. The Balaban J connectivity index is 2.00. The van der Waals surface area contributed by atoms with Gasteiger partial charge < -0.3 is 0 Å². The number of halogens is 1. The molecule has 106 valence electrons. The van der Waals surface area contributed by atoms with Crippen molar-refractivity contribution >= 4 is 11.6 Å². The lowest BCUT2D eigenvalue weighted by Crippen LogP contribution is -2.42. The maximum atomic E-state index is 6.19. The molecule has 0 bridgehead atoms. The molecule has 0 spiro atoms. The van der Waals surface area contributed by atoms with Gasteiger partial charge in [0.1, 0.15) is 0 Å². The van der Waals surface area contributed by atoms with E-state index in [0.29, 0.717) is 12.0 Å². The molecule has 3 N–H and O–H groups in total. The van der Waals surface area contributed by atoms with E-state index in [-0.39, 0.29) is 0 Å². The van der Waals surface area contributed by atoms with Gasteiger partial charge in [0.05, 0.1) is 5.02 Å². The lowest BCUT2D eigenvalue weighted by Gasteiger charge is -2.28. The molecule has 1 heterocycles. The van der Waals surface area contributed by atoms with Gasteiger partial charge >= 0.3 is 0 Å². The van der Waals surface area contributed by atoms with Crippen LogP contribution in [0.5, 0.6) is 0 Å². The molecule has 19 heavy (non-hydrogen) atoms. The van der Waals surface area contributed by atoms with Crippen molar-refractivity contribution in [2.75, 3.05) is 0 Å². The molecule has 2 rings (SSSR count). The van der Waals surface area contributed by atoms with E-state index in [9.17, 15) is 0 Å². The summed E-state index contributed by atoms with van der Waals surface area (Å²) in [7, 11) is 0. The van der Waals surface area contributed by atoms with E-state index in [1.165, 1.54) is 44.9 Å². The lowest BCUT2D eigenvalue weighted by atomic mass is 9.84. The number of nitrogens with zero attached hydrogens (tertiary/aromatic N) is 1. The zero-order chi connectivity index (χ0) is 13.5. The van der Waals surface area contributed by atoms with E-state index in [0.717, 1.165) is 17.0 Å². The molecule has 1 aromatic rings. The Morgan fingerprint density at radius 2 is 1.95 bits per heavy atom. The zero-order valence-corrected chi connectivity index (χ0v) is 12.2. The number of nitrogens with one attached hydrogen (secondary N) is 1. The van der Waals surface area contributed by atoms with Gasteiger partial charge in [0, 0.05) is 18.4 Å². The Hall–Kier alpha value is -0.640. The minimum atomic E-state index is 0.318. The van der Waals surface area contributed by atoms with Crippen molar-refractivity contribution in [3.63, 3.8) is 0 Å². The van der Waals surface area contributed by atoms with Crippen molar-refractivity contribution < 1.29 is 0 Å². The van der Waals surface area contributed by atoms with Gasteiger partial charge in [-0.05, 0) is 36.8 Å². The Bertz CT molecular complexity index is 375. The molecular formula is C15H24ClN3. The predicted molar refractivity (Wildman–Crippen MR) is 79.9 cm³/mol. The standard InChI is InChI=1S/C15H24ClN3/c16-14-11-18-9-8-13(14)10-15(19-17)12-6-4-2-1-3-5-7-12/h8-9,11-12,15,19H,1-7,10,17H2. The van der Waals surface area contributed by atoms with Gasteiger partial charge in [-0.25, -0.2) is 0 Å². The van der Waals surface area contributed by atoms with Gasteiger partial charge in [0.25, 0.3) is 0 Å². The van der Waals surface area contributed by atoms with Crippen LogP contribution < -0.4 is 11.3 Å². The SMILES string of the molecule is NNC(Cc1ccncc1Cl)C1CCCCCCC1. The summed E-state index contributed by atoms with van der Waals surface area (Å²) in [5.74, 6) is 6.44. The monoisotopic (exact) mass is 281 g/mol. The second-order valence-electron chi connectivity index (χ2n) is 5.55. The van der Waals surface area contributed by atoms with Gasteiger partial charge in [-0.1, -0.05) is 43.7 Å². The molecule has 3 nitrogen and oxygen atoms in total. The number of aromatic nitrogens is 1. The van der Waals surface area contributed by atoms with Crippen molar-refractivity contribution in [1.82, 2.24) is 10.4 Å². The van der Waals surface area contributed by atoms with E-state index in [4.69, 9.17) is 17.4 Å². The number of hydrogen-bond donors (Lipinski definition) is 2. The maximum Gasteiger partial charge on any atom is 0.0621 e. The van der Waals surface area contributed by atoms with E-state index in [1.807, 2.05) is 6.07 Å². The lowest BCUT2D eigenvalue weighted by molar-refractivity contribution is 0.285. The molecule has 0 amide bonds. The summed E-state index contributed by atoms with van der Waals surface area (Å²) in [6.07, 6.45) is 13.7. The number of hydrogen-bond acceptors (Lipinski definition) is 3. The van der Waals surface area contributed by atoms with Crippen LogP contribution in [0.3, 0.4) is 0 Å². The van der Waals surface area contributed by atoms with Gasteiger partial charge in [0.15, 0.2) is 0 Å². The first-order valence-corrected chi connectivity index (χ1v) is 7.73. The molecule has 1 unspecified atom stereocenters. The van der Waals surface area contributed by atoms with Gasteiger partial charge in [-0.2, -0.15) is 0 Å². The molecule has 0 aromatic carbocycles. The highest BCUT2D eigenvalue weighted by molar-refractivity contribution is 6.31. The number of rotatable bonds is 4. The first-order chi connectivity index (χ1) is 9.31. The van der Waals surface area contributed by atoms with Crippen LogP contribution in [-0.2, 0) is 6.42 Å². The summed E-state index contributed by atoms with van der Waals surface area (Å²) < 4.78 is 0. The van der Waals surface area contributed by atoms with Crippen LogP contribution in [0.15, 0.2) is 18.5 Å². The maximum absolute atomic E-state index is 6.19. The van der Waals surface area contributed by atoms with Crippen LogP contribution in [0.25, 0.3) is 0 Å². The normalized spacial score (nSPS) is 19.7. The average molecular weight is 282 g/mol. The van der Waals surface area contributed by atoms with Crippen molar-refractivity contribution in [3.05, 3.63) is 29.0 Å². The molecule has 1 aliphatic rings. The van der Waals surface area contributed by atoms with Crippen molar-refractivity contribution in [3.8, 4) is 0 Å². The Morgan fingerprint density at radius 3 is 2.58 bits per heavy atom. The van der Waals surface area contributed by atoms with Gasteiger partial charge in [-0.3, -0.25) is 16.3 Å². The largest absolute Gasteiger partial charge is 0.271 e. The van der Waals surface area contributed by atoms with E-state index >= 15 is 0 Å². The third-order valence-corrected chi connectivity index (χ3v) is 4.57. The molecule has 0 radical (unpaired) electrons. The van der Waals surface area contributed by atoms with E-state index < -0.39 is 0 Å². The van der Waals surface area contributed by atoms with E-state index in [2.05, 4.69) is 10.4 Å². The molecule has 1 aliphatic carbocycles. The summed E-state index contributed by atoms with van der Waals surface area (Å²) in [4.78, 5) is 4.03. The minimum Gasteiger partial charge on any atom is -0.271 e. The van der Waals surface area contributed by atoms with Crippen molar-refractivity contribution in [2.24, 2.45) is 11.8 Å². The molecule has 1 saturated carbocycles. The van der Waals surface area contributed by atoms with Crippen molar-refractivity contribution in [2.45, 2.75) is 57.4 Å². The number of nitrogens with two attached hydrogens (primary N) is 1. The fraction of sp³-hybridized carbons (Fsp3) is 0.667. The highest BCUT2D eigenvalue weighted by Crippen LogP contribution is 2.27. The summed E-state index contributed by atoms with van der Waals surface area (Å²) in [6, 6.07) is 2.31. The molecule has 1 fully saturated rings. The minimum absolute atomic E-state index is 0.318. The Morgan fingerprint density at radius 1 is 1.26 bits per heavy atom. The van der Waals surface area contributed by atoms with Crippen molar-refractivity contribution in [1.29, 1.82) is 0 Å². The molecule has 1 atom stereocenters. The van der Waals surface area contributed by atoms with Gasteiger partial charge in [0.2, 0.25) is 0 Å². The van der Waals surface area contributed by atoms with Crippen LogP contribution in [-0.4, -0.2) is 11.0 Å². The van der Waals surface area contributed by atoms with Crippen LogP contribution >= 0.6 is 11.6 Å². The second-order valence-corrected chi connectivity index (χ2v) is 5.96. The summed E-state index contributed by atoms with van der Waals surface area (Å²) in [6.45, 7) is 0. The molecule has 4 heteroatoms. The third kappa shape index (κ3) is 4.44. The quantitative estimate of drug-likeness (QED) is 0.656. The average Bonchev–Trinajstić information content (AvgIpc) is 2.38. The Kier molecular flexibility index (Phi) is 6.08. The summed E-state index contributed by atoms with van der Waals surface area (Å²) >= 11 is 6.19. The highest BCUT2D eigenvalue weighted by atomic mass is 35.5. The summed E-state index contributed by atoms with van der Waals surface area (Å²) in [5, 5.41) is 0.744. The fourth-order valence-corrected chi connectivity index (χ4v) is 3.25. The smallest absolute Gasteiger partial charge is 0.0621 e.